The number of nitrogens with zero attached hydrogens (tertiary/aromatic N) is 3. The van der Waals surface area contributed by atoms with Gasteiger partial charge in [-0.3, -0.25) is 0 Å². The number of carbonyl (C=O) groups excluding carboxylic acids is 1. The van der Waals surface area contributed by atoms with E-state index in [1.807, 2.05) is 65.0 Å². The van der Waals surface area contributed by atoms with Crippen LogP contribution < -0.4 is 15.0 Å². The zero-order valence-corrected chi connectivity index (χ0v) is 27.2. The second-order valence-corrected chi connectivity index (χ2v) is 13.4. The number of hydrogen-bond acceptors (Lipinski definition) is 9. The van der Waals surface area contributed by atoms with Crippen LogP contribution in [0.15, 0.2) is 40.9 Å². The maximum atomic E-state index is 12.9. The Kier molecular flexibility index (Phi) is 8.73. The molecule has 10 nitrogen and oxygen atoms in total. The molecule has 0 spiro atoms. The lowest BCUT2D eigenvalue weighted by Gasteiger charge is -2.45. The molecular weight excluding hydrogens is 651 g/mol. The molecule has 0 unspecified atom stereocenters. The summed E-state index contributed by atoms with van der Waals surface area (Å²) in [5.41, 5.74) is 2.54. The van der Waals surface area contributed by atoms with Crippen LogP contribution in [0.5, 0.6) is 5.75 Å². The van der Waals surface area contributed by atoms with E-state index in [0.29, 0.717) is 38.1 Å². The third-order valence-corrected chi connectivity index (χ3v) is 7.93. The van der Waals surface area contributed by atoms with Gasteiger partial charge in [0.1, 0.15) is 16.9 Å². The first kappa shape index (κ1) is 30.6. The van der Waals surface area contributed by atoms with Gasteiger partial charge in [0, 0.05) is 29.9 Å². The second-order valence-electron chi connectivity index (χ2n) is 12.3. The fourth-order valence-electron chi connectivity index (χ4n) is 5.08. The van der Waals surface area contributed by atoms with Crippen LogP contribution in [0.4, 0.5) is 10.5 Å². The van der Waals surface area contributed by atoms with Gasteiger partial charge < -0.3 is 33.7 Å². The van der Waals surface area contributed by atoms with Crippen molar-refractivity contribution in [2.75, 3.05) is 37.8 Å². The smallest absolute Gasteiger partial charge is 0.408 e. The highest BCUT2D eigenvalue weighted by Gasteiger charge is 2.44. The largest absolute Gasteiger partial charge is 0.492 e. The number of fused-ring (bicyclic) bond motifs is 1. The van der Waals surface area contributed by atoms with E-state index in [9.17, 15) is 4.79 Å². The van der Waals surface area contributed by atoms with Gasteiger partial charge in [-0.15, -0.1) is 0 Å². The Hall–Kier alpha value is -2.90. The van der Waals surface area contributed by atoms with E-state index in [1.54, 1.807) is 0 Å². The third kappa shape index (κ3) is 7.00. The van der Waals surface area contributed by atoms with Crippen molar-refractivity contribution in [2.24, 2.45) is 0 Å². The zero-order chi connectivity index (χ0) is 30.1. The number of ether oxygens (including phenoxy) is 4. The van der Waals surface area contributed by atoms with Crippen LogP contribution in [0.25, 0.3) is 22.8 Å². The molecule has 2 aliphatic rings. The van der Waals surface area contributed by atoms with Crippen molar-refractivity contribution >= 4 is 34.4 Å². The topological polar surface area (TPSA) is 108 Å². The molecule has 42 heavy (non-hydrogen) atoms. The minimum absolute atomic E-state index is 0.292. The van der Waals surface area contributed by atoms with Crippen LogP contribution in [-0.4, -0.2) is 66.1 Å². The van der Waals surface area contributed by atoms with E-state index in [1.165, 1.54) is 0 Å². The molecule has 1 N–H and O–H groups in total. The first-order valence-corrected chi connectivity index (χ1v) is 15.4. The van der Waals surface area contributed by atoms with Gasteiger partial charge in [-0.1, -0.05) is 24.2 Å². The van der Waals surface area contributed by atoms with Gasteiger partial charge >= 0.3 is 6.09 Å². The predicted molar refractivity (Wildman–Crippen MR) is 168 cm³/mol. The van der Waals surface area contributed by atoms with Crippen molar-refractivity contribution in [2.45, 2.75) is 71.3 Å². The van der Waals surface area contributed by atoms with Gasteiger partial charge in [0.05, 0.1) is 23.4 Å². The number of benzene rings is 2. The van der Waals surface area contributed by atoms with Gasteiger partial charge in [0.2, 0.25) is 5.82 Å². The van der Waals surface area contributed by atoms with Crippen molar-refractivity contribution in [3.05, 3.63) is 45.5 Å². The molecule has 0 bridgehead atoms. The van der Waals surface area contributed by atoms with Gasteiger partial charge in [0.15, 0.2) is 5.79 Å². The van der Waals surface area contributed by atoms with E-state index < -0.39 is 23.0 Å². The van der Waals surface area contributed by atoms with Crippen molar-refractivity contribution < 1.29 is 28.3 Å². The number of halogens is 1. The Bertz CT molecular complexity index is 1420. The molecule has 2 aliphatic heterocycles. The van der Waals surface area contributed by atoms with Gasteiger partial charge in [-0.25, -0.2) is 4.79 Å². The molecule has 3 heterocycles. The monoisotopic (exact) mass is 690 g/mol. The number of aromatic nitrogens is 2. The normalized spacial score (nSPS) is 17.5. The van der Waals surface area contributed by atoms with Crippen LogP contribution in [0.3, 0.4) is 0 Å². The Morgan fingerprint density at radius 2 is 1.93 bits per heavy atom. The molecule has 0 radical (unpaired) electrons. The summed E-state index contributed by atoms with van der Waals surface area (Å²) in [6, 6.07) is 12.0. The number of nitrogens with one attached hydrogen (secondary N) is 1. The Morgan fingerprint density at radius 1 is 1.17 bits per heavy atom. The summed E-state index contributed by atoms with van der Waals surface area (Å²) in [6.45, 7) is 13.9. The molecule has 3 aromatic rings. The summed E-state index contributed by atoms with van der Waals surface area (Å²) in [7, 11) is 0. The number of alkyl carbamates (subject to hydrolysis) is 1. The molecule has 5 rings (SSSR count). The van der Waals surface area contributed by atoms with Crippen molar-refractivity contribution in [1.82, 2.24) is 15.5 Å². The van der Waals surface area contributed by atoms with E-state index >= 15 is 0 Å². The maximum absolute atomic E-state index is 12.9. The summed E-state index contributed by atoms with van der Waals surface area (Å²) in [5, 5.41) is 7.40. The minimum Gasteiger partial charge on any atom is -0.492 e. The lowest BCUT2D eigenvalue weighted by molar-refractivity contribution is -0.269. The lowest BCUT2D eigenvalue weighted by atomic mass is 9.99. The molecule has 0 saturated carbocycles. The second kappa shape index (κ2) is 12.0. The third-order valence-electron chi connectivity index (χ3n) is 7.08. The van der Waals surface area contributed by atoms with Crippen LogP contribution in [0, 0.1) is 3.57 Å². The predicted octanol–water partition coefficient (Wildman–Crippen LogP) is 6.21. The molecule has 0 aliphatic carbocycles. The maximum Gasteiger partial charge on any atom is 0.408 e. The molecule has 1 fully saturated rings. The lowest BCUT2D eigenvalue weighted by Crippen LogP contribution is -2.66. The number of amides is 1. The first-order valence-electron chi connectivity index (χ1n) is 14.3. The number of hydrogen-bond donors (Lipinski definition) is 1. The summed E-state index contributed by atoms with van der Waals surface area (Å²) < 4.78 is 30.1. The van der Waals surface area contributed by atoms with E-state index in [2.05, 4.69) is 51.0 Å². The first-order chi connectivity index (χ1) is 19.9. The number of carbonyl (C=O) groups is 1. The van der Waals surface area contributed by atoms with E-state index in [4.69, 9.17) is 28.5 Å². The highest BCUT2D eigenvalue weighted by atomic mass is 127. The molecular formula is C31H39IN4O6. The Balaban J connectivity index is 1.37. The number of rotatable bonds is 8. The fraction of sp³-hybridized carbons (Fsp3) is 0.516. The van der Waals surface area contributed by atoms with Crippen LogP contribution in [0.1, 0.15) is 53.5 Å². The van der Waals surface area contributed by atoms with Crippen LogP contribution in [0.2, 0.25) is 0 Å². The van der Waals surface area contributed by atoms with Crippen LogP contribution in [-0.2, 0) is 20.6 Å². The molecule has 0 atom stereocenters. The molecule has 1 aromatic heterocycles. The quantitative estimate of drug-likeness (QED) is 0.276. The van der Waals surface area contributed by atoms with E-state index in [0.717, 1.165) is 51.1 Å². The standard InChI is InChI=1S/C31H39IN4O6/c1-7-15-38-25-12-11-20(16-23(25)32)27-33-26(35-42-27)22-9-8-10-24-21(22)13-14-36(24)17-31(18-39-30(5,6)40-19-31)34-28(37)41-29(2,3)4/h8-12,16H,7,13-15,17-19H2,1-6H3,(H,34,37). The summed E-state index contributed by atoms with van der Waals surface area (Å²) in [5.74, 6) is 1.11. The van der Waals surface area contributed by atoms with Gasteiger partial charge in [-0.05, 0) is 99.9 Å². The molecule has 1 amide bonds. The van der Waals surface area contributed by atoms with Gasteiger partial charge in [0.25, 0.3) is 5.89 Å². The van der Waals surface area contributed by atoms with Crippen LogP contribution >= 0.6 is 22.6 Å². The molecule has 1 saturated heterocycles. The molecule has 226 valence electrons. The van der Waals surface area contributed by atoms with Crippen molar-refractivity contribution in [1.29, 1.82) is 0 Å². The van der Waals surface area contributed by atoms with Crippen molar-refractivity contribution in [3.8, 4) is 28.6 Å². The number of anilines is 1. The molecule has 2 aromatic carbocycles. The van der Waals surface area contributed by atoms with Gasteiger partial charge in [-0.2, -0.15) is 4.98 Å². The van der Waals surface area contributed by atoms with E-state index in [-0.39, 0.29) is 0 Å². The molecule has 11 heteroatoms. The Morgan fingerprint density at radius 3 is 2.62 bits per heavy atom. The average molecular weight is 691 g/mol. The van der Waals surface area contributed by atoms with Crippen molar-refractivity contribution in [3.63, 3.8) is 0 Å². The highest BCUT2D eigenvalue weighted by molar-refractivity contribution is 14.1. The summed E-state index contributed by atoms with van der Waals surface area (Å²) in [6.07, 6.45) is 1.25. The summed E-state index contributed by atoms with van der Waals surface area (Å²) >= 11 is 2.26. The minimum atomic E-state index is -0.793. The zero-order valence-electron chi connectivity index (χ0n) is 25.1. The average Bonchev–Trinajstić information content (AvgIpc) is 3.57. The highest BCUT2D eigenvalue weighted by Crippen LogP contribution is 2.38. The SMILES string of the molecule is CCCOc1ccc(-c2nc(-c3cccc4c3CCN4CC3(NC(=O)OC(C)(C)C)COC(C)(C)OC3)no2)cc1I. The summed E-state index contributed by atoms with van der Waals surface area (Å²) in [4.78, 5) is 19.9. The fourth-order valence-corrected chi connectivity index (χ4v) is 5.75. The Labute approximate surface area is 260 Å².